The SMILES string of the molecule is CC1CC1C(Nc1ccc(S(C)(=O)=O)cc1[N+](=O)[O-])c1ccccc1. The van der Waals surface area contributed by atoms with Gasteiger partial charge in [-0.2, -0.15) is 0 Å². The van der Waals surface area contributed by atoms with E-state index >= 15 is 0 Å². The number of nitrogens with zero attached hydrogens (tertiary/aromatic N) is 1. The Morgan fingerprint density at radius 2 is 1.84 bits per heavy atom. The number of nitro benzene ring substituents is 1. The minimum absolute atomic E-state index is 0.0426. The van der Waals surface area contributed by atoms with Crippen LogP contribution in [0.3, 0.4) is 0 Å². The molecule has 0 aliphatic heterocycles. The predicted molar refractivity (Wildman–Crippen MR) is 96.3 cm³/mol. The molecule has 0 saturated heterocycles. The Morgan fingerprint density at radius 1 is 1.20 bits per heavy atom. The van der Waals surface area contributed by atoms with Crippen molar-refractivity contribution < 1.29 is 13.3 Å². The van der Waals surface area contributed by atoms with Crippen LogP contribution in [0, 0.1) is 22.0 Å². The van der Waals surface area contributed by atoms with Gasteiger partial charge >= 0.3 is 0 Å². The molecule has 0 radical (unpaired) electrons. The van der Waals surface area contributed by atoms with E-state index in [-0.39, 0.29) is 16.6 Å². The van der Waals surface area contributed by atoms with Gasteiger partial charge in [0.1, 0.15) is 5.69 Å². The molecule has 1 fully saturated rings. The van der Waals surface area contributed by atoms with Crippen molar-refractivity contribution in [2.24, 2.45) is 11.8 Å². The molecule has 1 aliphatic rings. The molecule has 1 N–H and O–H groups in total. The van der Waals surface area contributed by atoms with Gasteiger partial charge in [-0.1, -0.05) is 37.3 Å². The van der Waals surface area contributed by atoms with Gasteiger partial charge in [0.05, 0.1) is 15.9 Å². The van der Waals surface area contributed by atoms with Gasteiger partial charge in [-0.25, -0.2) is 8.42 Å². The van der Waals surface area contributed by atoms with Crippen molar-refractivity contribution in [3.63, 3.8) is 0 Å². The minimum Gasteiger partial charge on any atom is -0.372 e. The molecule has 0 bridgehead atoms. The highest BCUT2D eigenvalue weighted by atomic mass is 32.2. The Labute approximate surface area is 147 Å². The maximum Gasteiger partial charge on any atom is 0.293 e. The average molecular weight is 360 g/mol. The molecule has 0 aromatic heterocycles. The first-order valence-corrected chi connectivity index (χ1v) is 9.96. The fourth-order valence-electron chi connectivity index (χ4n) is 3.10. The lowest BCUT2D eigenvalue weighted by atomic mass is 10.0. The molecule has 132 valence electrons. The quantitative estimate of drug-likeness (QED) is 0.625. The topological polar surface area (TPSA) is 89.3 Å². The van der Waals surface area contributed by atoms with Gasteiger partial charge in [-0.3, -0.25) is 10.1 Å². The lowest BCUT2D eigenvalue weighted by Crippen LogP contribution is -2.15. The van der Waals surface area contributed by atoms with Crippen LogP contribution in [-0.2, 0) is 9.84 Å². The second kappa shape index (κ2) is 6.48. The number of hydrogen-bond acceptors (Lipinski definition) is 5. The molecule has 1 aliphatic carbocycles. The van der Waals surface area contributed by atoms with Crippen LogP contribution in [0.5, 0.6) is 0 Å². The van der Waals surface area contributed by atoms with Gasteiger partial charge in [0, 0.05) is 12.3 Å². The van der Waals surface area contributed by atoms with E-state index in [2.05, 4.69) is 12.2 Å². The molecule has 0 amide bonds. The third kappa shape index (κ3) is 3.82. The lowest BCUT2D eigenvalue weighted by Gasteiger charge is -2.21. The summed E-state index contributed by atoms with van der Waals surface area (Å²) in [6.07, 6.45) is 2.10. The number of rotatable bonds is 6. The largest absolute Gasteiger partial charge is 0.372 e. The molecule has 0 heterocycles. The average Bonchev–Trinajstić information content (AvgIpc) is 3.28. The second-order valence-electron chi connectivity index (χ2n) is 6.62. The zero-order valence-corrected chi connectivity index (χ0v) is 14.9. The van der Waals surface area contributed by atoms with Gasteiger partial charge in [-0.05, 0) is 36.0 Å². The highest BCUT2D eigenvalue weighted by Crippen LogP contribution is 2.49. The zero-order valence-electron chi connectivity index (χ0n) is 14.0. The summed E-state index contributed by atoms with van der Waals surface area (Å²) >= 11 is 0. The molecule has 25 heavy (non-hydrogen) atoms. The lowest BCUT2D eigenvalue weighted by molar-refractivity contribution is -0.384. The monoisotopic (exact) mass is 360 g/mol. The van der Waals surface area contributed by atoms with Crippen LogP contribution in [-0.4, -0.2) is 19.6 Å². The summed E-state index contributed by atoms with van der Waals surface area (Å²) < 4.78 is 23.4. The maximum atomic E-state index is 11.7. The Morgan fingerprint density at radius 3 is 2.36 bits per heavy atom. The van der Waals surface area contributed by atoms with Crippen molar-refractivity contribution in [2.45, 2.75) is 24.3 Å². The summed E-state index contributed by atoms with van der Waals surface area (Å²) in [4.78, 5) is 10.8. The molecule has 7 heteroatoms. The van der Waals surface area contributed by atoms with Crippen molar-refractivity contribution in [1.82, 2.24) is 0 Å². The zero-order chi connectivity index (χ0) is 18.2. The van der Waals surface area contributed by atoms with E-state index in [0.29, 0.717) is 17.5 Å². The maximum absolute atomic E-state index is 11.7. The normalized spacial score (nSPS) is 20.7. The van der Waals surface area contributed by atoms with E-state index in [4.69, 9.17) is 0 Å². The molecule has 2 aromatic carbocycles. The van der Waals surface area contributed by atoms with Crippen LogP contribution in [0.2, 0.25) is 0 Å². The molecule has 3 unspecified atom stereocenters. The van der Waals surface area contributed by atoms with Gasteiger partial charge in [0.2, 0.25) is 0 Å². The summed E-state index contributed by atoms with van der Waals surface area (Å²) in [5.41, 5.74) is 1.18. The Balaban J connectivity index is 1.99. The fourth-order valence-corrected chi connectivity index (χ4v) is 3.74. The van der Waals surface area contributed by atoms with Crippen LogP contribution in [0.25, 0.3) is 0 Å². The molecular weight excluding hydrogens is 340 g/mol. The van der Waals surface area contributed by atoms with Crippen molar-refractivity contribution >= 4 is 21.2 Å². The molecule has 1 saturated carbocycles. The van der Waals surface area contributed by atoms with Gasteiger partial charge in [0.25, 0.3) is 5.69 Å². The predicted octanol–water partition coefficient (Wildman–Crippen LogP) is 3.81. The van der Waals surface area contributed by atoms with Crippen LogP contribution in [0.15, 0.2) is 53.4 Å². The van der Waals surface area contributed by atoms with Crippen molar-refractivity contribution in [1.29, 1.82) is 0 Å². The summed E-state index contributed by atoms with van der Waals surface area (Å²) in [6.45, 7) is 2.16. The van der Waals surface area contributed by atoms with Crippen molar-refractivity contribution in [3.05, 3.63) is 64.2 Å². The van der Waals surface area contributed by atoms with E-state index in [1.54, 1.807) is 0 Å². The second-order valence-corrected chi connectivity index (χ2v) is 8.63. The summed E-state index contributed by atoms with van der Waals surface area (Å²) in [7, 11) is -3.50. The summed E-state index contributed by atoms with van der Waals surface area (Å²) in [6, 6.07) is 13.8. The minimum atomic E-state index is -3.50. The molecule has 3 atom stereocenters. The number of nitro groups is 1. The number of nitrogens with one attached hydrogen (secondary N) is 1. The van der Waals surface area contributed by atoms with Gasteiger partial charge < -0.3 is 5.32 Å². The Hall–Kier alpha value is -2.41. The first kappa shape index (κ1) is 17.4. The summed E-state index contributed by atoms with van der Waals surface area (Å²) in [5, 5.41) is 14.7. The molecular formula is C18H20N2O4S. The van der Waals surface area contributed by atoms with Crippen LogP contribution < -0.4 is 5.32 Å². The Kier molecular flexibility index (Phi) is 4.51. The third-order valence-corrected chi connectivity index (χ3v) is 5.77. The van der Waals surface area contributed by atoms with E-state index in [0.717, 1.165) is 24.3 Å². The standard InChI is InChI=1S/C18H20N2O4S/c1-12-10-15(12)18(13-6-4-3-5-7-13)19-16-9-8-14(25(2,23)24)11-17(16)20(21)22/h3-9,11-12,15,18-19H,10H2,1-2H3. The first-order chi connectivity index (χ1) is 11.8. The van der Waals surface area contributed by atoms with Crippen LogP contribution >= 0.6 is 0 Å². The van der Waals surface area contributed by atoms with Crippen molar-refractivity contribution in [2.75, 3.05) is 11.6 Å². The van der Waals surface area contributed by atoms with Crippen LogP contribution in [0.1, 0.15) is 24.9 Å². The fraction of sp³-hybridized carbons (Fsp3) is 0.333. The van der Waals surface area contributed by atoms with Crippen LogP contribution in [0.4, 0.5) is 11.4 Å². The number of hydrogen-bond donors (Lipinski definition) is 1. The Bertz CT molecular complexity index is 897. The van der Waals surface area contributed by atoms with E-state index in [1.165, 1.54) is 12.1 Å². The highest BCUT2D eigenvalue weighted by Gasteiger charge is 2.40. The van der Waals surface area contributed by atoms with E-state index < -0.39 is 14.8 Å². The third-order valence-electron chi connectivity index (χ3n) is 4.66. The molecule has 2 aromatic rings. The van der Waals surface area contributed by atoms with E-state index in [9.17, 15) is 18.5 Å². The molecule has 3 rings (SSSR count). The van der Waals surface area contributed by atoms with Gasteiger partial charge in [0.15, 0.2) is 9.84 Å². The number of benzene rings is 2. The highest BCUT2D eigenvalue weighted by molar-refractivity contribution is 7.90. The van der Waals surface area contributed by atoms with Crippen molar-refractivity contribution in [3.8, 4) is 0 Å². The first-order valence-electron chi connectivity index (χ1n) is 8.07. The summed E-state index contributed by atoms with van der Waals surface area (Å²) in [5.74, 6) is 0.948. The molecule has 0 spiro atoms. The number of sulfone groups is 1. The van der Waals surface area contributed by atoms with Gasteiger partial charge in [-0.15, -0.1) is 0 Å². The van der Waals surface area contributed by atoms with E-state index in [1.807, 2.05) is 30.3 Å². The smallest absolute Gasteiger partial charge is 0.293 e. The molecule has 6 nitrogen and oxygen atoms in total. The number of anilines is 1.